The number of aromatic nitrogens is 1. The van der Waals surface area contributed by atoms with Crippen molar-refractivity contribution >= 4 is 51.2 Å². The van der Waals surface area contributed by atoms with Crippen LogP contribution in [0.3, 0.4) is 0 Å². The fraction of sp³-hybridized carbons (Fsp3) is 0.385. The van der Waals surface area contributed by atoms with Crippen LogP contribution >= 0.6 is 34.7 Å². The molecule has 1 fully saturated rings. The Morgan fingerprint density at radius 1 is 1.26 bits per heavy atom. The number of hydrogen-bond acceptors (Lipinski definition) is 3. The minimum Gasteiger partial charge on any atom is -0.345 e. The fourth-order valence-corrected chi connectivity index (χ4v) is 3.79. The van der Waals surface area contributed by atoms with E-state index in [0.717, 1.165) is 48.1 Å². The first-order valence-electron chi connectivity index (χ1n) is 6.12. The van der Waals surface area contributed by atoms with Gasteiger partial charge in [0.2, 0.25) is 6.41 Å². The highest BCUT2D eigenvalue weighted by atomic mass is 35.5. The maximum absolute atomic E-state index is 10.7. The number of carbonyl (C=O) groups is 1. The van der Waals surface area contributed by atoms with Crippen molar-refractivity contribution in [2.45, 2.75) is 18.8 Å². The molecule has 2 aromatic rings. The summed E-state index contributed by atoms with van der Waals surface area (Å²) >= 11 is 13.6. The second-order valence-electron chi connectivity index (χ2n) is 4.75. The maximum Gasteiger partial charge on any atom is 0.209 e. The molecule has 1 aromatic carbocycles. The molecule has 0 bridgehead atoms. The van der Waals surface area contributed by atoms with Crippen LogP contribution in [0.15, 0.2) is 12.1 Å². The summed E-state index contributed by atoms with van der Waals surface area (Å²) in [5.41, 5.74) is 1.10. The Kier molecular flexibility index (Phi) is 3.65. The van der Waals surface area contributed by atoms with Crippen molar-refractivity contribution in [3.05, 3.63) is 27.9 Å². The lowest BCUT2D eigenvalue weighted by molar-refractivity contribution is -0.119. The van der Waals surface area contributed by atoms with E-state index in [-0.39, 0.29) is 0 Å². The molecule has 0 radical (unpaired) electrons. The Balaban J connectivity index is 1.93. The Morgan fingerprint density at radius 3 is 2.63 bits per heavy atom. The van der Waals surface area contributed by atoms with Gasteiger partial charge in [-0.1, -0.05) is 23.2 Å². The number of amides is 1. The molecular formula is C13H12Cl2N2OS. The summed E-state index contributed by atoms with van der Waals surface area (Å²) in [6, 6.07) is 3.78. The van der Waals surface area contributed by atoms with Crippen LogP contribution in [0.2, 0.25) is 10.0 Å². The first kappa shape index (κ1) is 13.2. The molecule has 2 heterocycles. The monoisotopic (exact) mass is 314 g/mol. The third-order valence-electron chi connectivity index (χ3n) is 3.61. The third kappa shape index (κ3) is 2.45. The smallest absolute Gasteiger partial charge is 0.209 e. The SMILES string of the molecule is O=CN1CCC(c2nsc3cc(Cl)c(Cl)cc23)CC1. The molecule has 0 aliphatic carbocycles. The summed E-state index contributed by atoms with van der Waals surface area (Å²) in [4.78, 5) is 12.5. The molecule has 100 valence electrons. The predicted molar refractivity (Wildman–Crippen MR) is 79.3 cm³/mol. The van der Waals surface area contributed by atoms with Crippen molar-refractivity contribution in [1.29, 1.82) is 0 Å². The van der Waals surface area contributed by atoms with Crippen molar-refractivity contribution in [3.8, 4) is 0 Å². The summed E-state index contributed by atoms with van der Waals surface area (Å²) < 4.78 is 5.64. The van der Waals surface area contributed by atoms with Gasteiger partial charge in [0.1, 0.15) is 0 Å². The van der Waals surface area contributed by atoms with E-state index in [1.54, 1.807) is 0 Å². The van der Waals surface area contributed by atoms with Crippen LogP contribution in [0.4, 0.5) is 0 Å². The van der Waals surface area contributed by atoms with E-state index in [9.17, 15) is 4.79 Å². The normalized spacial score (nSPS) is 17.1. The zero-order chi connectivity index (χ0) is 13.4. The fourth-order valence-electron chi connectivity index (χ4n) is 2.52. The largest absolute Gasteiger partial charge is 0.345 e. The van der Waals surface area contributed by atoms with E-state index < -0.39 is 0 Å². The maximum atomic E-state index is 10.7. The van der Waals surface area contributed by atoms with Crippen molar-refractivity contribution < 1.29 is 4.79 Å². The molecule has 0 atom stereocenters. The molecule has 0 unspecified atom stereocenters. The van der Waals surface area contributed by atoms with Crippen LogP contribution in [0.1, 0.15) is 24.5 Å². The molecule has 3 rings (SSSR count). The number of benzene rings is 1. The van der Waals surface area contributed by atoms with E-state index in [0.29, 0.717) is 16.0 Å². The van der Waals surface area contributed by atoms with E-state index in [1.807, 2.05) is 17.0 Å². The summed E-state index contributed by atoms with van der Waals surface area (Å²) in [5, 5.41) is 2.24. The summed E-state index contributed by atoms with van der Waals surface area (Å²) in [5.74, 6) is 0.405. The third-order valence-corrected chi connectivity index (χ3v) is 5.15. The predicted octanol–water partition coefficient (Wildman–Crippen LogP) is 3.94. The zero-order valence-corrected chi connectivity index (χ0v) is 12.4. The van der Waals surface area contributed by atoms with Crippen molar-refractivity contribution in [2.24, 2.45) is 0 Å². The standard InChI is InChI=1S/C13H12Cl2N2OS/c14-10-5-9-12(6-11(10)15)19-16-13(9)8-1-3-17(7-18)4-2-8/h5-8H,1-4H2. The van der Waals surface area contributed by atoms with E-state index >= 15 is 0 Å². The minimum absolute atomic E-state index is 0.405. The molecular weight excluding hydrogens is 303 g/mol. The number of rotatable bonds is 2. The first-order valence-corrected chi connectivity index (χ1v) is 7.65. The summed E-state index contributed by atoms with van der Waals surface area (Å²) in [7, 11) is 0. The molecule has 0 N–H and O–H groups in total. The molecule has 19 heavy (non-hydrogen) atoms. The van der Waals surface area contributed by atoms with Gasteiger partial charge in [0.25, 0.3) is 0 Å². The lowest BCUT2D eigenvalue weighted by atomic mass is 9.92. The first-order chi connectivity index (χ1) is 9.19. The van der Waals surface area contributed by atoms with Crippen LogP contribution in [0, 0.1) is 0 Å². The second-order valence-corrected chi connectivity index (χ2v) is 6.37. The molecule has 1 amide bonds. The molecule has 1 saturated heterocycles. The Bertz CT molecular complexity index is 620. The van der Waals surface area contributed by atoms with Gasteiger partial charge in [0.15, 0.2) is 0 Å². The van der Waals surface area contributed by atoms with Gasteiger partial charge in [-0.05, 0) is 36.5 Å². The van der Waals surface area contributed by atoms with Gasteiger partial charge >= 0.3 is 0 Å². The van der Waals surface area contributed by atoms with E-state index in [1.165, 1.54) is 11.5 Å². The van der Waals surface area contributed by atoms with Gasteiger partial charge in [-0.3, -0.25) is 4.79 Å². The second kappa shape index (κ2) is 5.27. The molecule has 1 aromatic heterocycles. The minimum atomic E-state index is 0.405. The highest BCUT2D eigenvalue weighted by Gasteiger charge is 2.23. The van der Waals surface area contributed by atoms with Gasteiger partial charge in [-0.15, -0.1) is 0 Å². The number of carbonyl (C=O) groups excluding carboxylic acids is 1. The number of piperidine rings is 1. The van der Waals surface area contributed by atoms with Gasteiger partial charge in [0, 0.05) is 24.4 Å². The Hall–Kier alpha value is -0.840. The van der Waals surface area contributed by atoms with Gasteiger partial charge in [-0.2, -0.15) is 4.37 Å². The average molecular weight is 315 g/mol. The van der Waals surface area contributed by atoms with Crippen molar-refractivity contribution in [2.75, 3.05) is 13.1 Å². The van der Waals surface area contributed by atoms with Crippen molar-refractivity contribution in [3.63, 3.8) is 0 Å². The van der Waals surface area contributed by atoms with E-state index in [4.69, 9.17) is 23.2 Å². The molecule has 1 aliphatic heterocycles. The Labute approximate surface area is 125 Å². The zero-order valence-electron chi connectivity index (χ0n) is 10.1. The van der Waals surface area contributed by atoms with Crippen LogP contribution in [-0.4, -0.2) is 28.8 Å². The molecule has 0 saturated carbocycles. The highest BCUT2D eigenvalue weighted by Crippen LogP contribution is 2.37. The van der Waals surface area contributed by atoms with Crippen molar-refractivity contribution in [1.82, 2.24) is 9.27 Å². The summed E-state index contributed by atoms with van der Waals surface area (Å²) in [6.07, 6.45) is 2.83. The number of likely N-dealkylation sites (tertiary alicyclic amines) is 1. The topological polar surface area (TPSA) is 33.2 Å². The van der Waals surface area contributed by atoms with E-state index in [2.05, 4.69) is 4.37 Å². The van der Waals surface area contributed by atoms with Gasteiger partial charge in [0.05, 0.1) is 20.4 Å². The lowest BCUT2D eigenvalue weighted by Gasteiger charge is -2.28. The lowest BCUT2D eigenvalue weighted by Crippen LogP contribution is -2.31. The molecule has 3 nitrogen and oxygen atoms in total. The number of hydrogen-bond donors (Lipinski definition) is 0. The quantitative estimate of drug-likeness (QED) is 0.787. The summed E-state index contributed by atoms with van der Waals surface area (Å²) in [6.45, 7) is 1.60. The molecule has 6 heteroatoms. The number of fused-ring (bicyclic) bond motifs is 1. The van der Waals surface area contributed by atoms with Crippen LogP contribution in [0.25, 0.3) is 10.1 Å². The van der Waals surface area contributed by atoms with Gasteiger partial charge in [-0.25, -0.2) is 0 Å². The van der Waals surface area contributed by atoms with Crippen LogP contribution < -0.4 is 0 Å². The molecule has 1 aliphatic rings. The number of halogens is 2. The van der Waals surface area contributed by atoms with Crippen LogP contribution in [0.5, 0.6) is 0 Å². The number of nitrogens with zero attached hydrogens (tertiary/aromatic N) is 2. The van der Waals surface area contributed by atoms with Crippen LogP contribution in [-0.2, 0) is 4.79 Å². The highest BCUT2D eigenvalue weighted by molar-refractivity contribution is 7.13. The van der Waals surface area contributed by atoms with Gasteiger partial charge < -0.3 is 4.90 Å². The Morgan fingerprint density at radius 2 is 1.95 bits per heavy atom. The molecule has 0 spiro atoms. The average Bonchev–Trinajstić information content (AvgIpc) is 2.82.